The highest BCUT2D eigenvalue weighted by molar-refractivity contribution is 6.49. The topological polar surface area (TPSA) is 75.3 Å². The predicted molar refractivity (Wildman–Crippen MR) is 87.1 cm³/mol. The Kier molecular flexibility index (Phi) is 3.54. The van der Waals surface area contributed by atoms with E-state index in [2.05, 4.69) is 11.9 Å². The van der Waals surface area contributed by atoms with Crippen LogP contribution in [0.15, 0.2) is 49.0 Å². The van der Waals surface area contributed by atoms with Gasteiger partial charge in [-0.25, -0.2) is 0 Å². The average molecular weight is 306 g/mol. The van der Waals surface area contributed by atoms with E-state index in [1.807, 2.05) is 36.5 Å². The molecule has 0 spiro atoms. The van der Waals surface area contributed by atoms with E-state index in [-0.39, 0.29) is 11.1 Å². The third-order valence-electron chi connectivity index (χ3n) is 3.60. The molecule has 0 aliphatic carbocycles. The first-order valence-electron chi connectivity index (χ1n) is 7.03. The Morgan fingerprint density at radius 2 is 1.78 bits per heavy atom. The van der Waals surface area contributed by atoms with Crippen LogP contribution in [0.5, 0.6) is 0 Å². The van der Waals surface area contributed by atoms with Crippen LogP contribution in [0.2, 0.25) is 0 Å². The predicted octanol–water partition coefficient (Wildman–Crippen LogP) is 2.53. The molecule has 0 saturated carbocycles. The Labute approximate surface area is 133 Å². The lowest BCUT2D eigenvalue weighted by atomic mass is 9.98. The summed E-state index contributed by atoms with van der Waals surface area (Å²) in [6.45, 7) is 5.96. The number of benzene rings is 2. The second kappa shape index (κ2) is 5.53. The van der Waals surface area contributed by atoms with Crippen LogP contribution >= 0.6 is 0 Å². The maximum atomic E-state index is 11.9. The Morgan fingerprint density at radius 1 is 1.00 bits per heavy atom. The lowest BCUT2D eigenvalue weighted by molar-refractivity contribution is -0.116. The lowest BCUT2D eigenvalue weighted by Crippen LogP contribution is -2.42. The number of fused-ring (bicyclic) bond motifs is 1. The molecule has 5 nitrogen and oxygen atoms in total. The zero-order valence-corrected chi connectivity index (χ0v) is 12.5. The fourth-order valence-electron chi connectivity index (χ4n) is 2.44. The summed E-state index contributed by atoms with van der Waals surface area (Å²) in [7, 11) is 0. The highest BCUT2D eigenvalue weighted by Gasteiger charge is 2.30. The molecule has 0 aromatic heterocycles. The van der Waals surface area contributed by atoms with Crippen molar-refractivity contribution in [1.82, 2.24) is 5.32 Å². The van der Waals surface area contributed by atoms with Crippen molar-refractivity contribution in [3.8, 4) is 0 Å². The number of carbonyl (C=O) groups is 3. The highest BCUT2D eigenvalue weighted by Crippen LogP contribution is 2.23. The van der Waals surface area contributed by atoms with Crippen LogP contribution < -0.4 is 10.6 Å². The molecular weight excluding hydrogens is 292 g/mol. The average Bonchev–Trinajstić information content (AvgIpc) is 2.52. The lowest BCUT2D eigenvalue weighted by Gasteiger charge is -2.16. The highest BCUT2D eigenvalue weighted by atomic mass is 16.2. The molecule has 2 aromatic rings. The van der Waals surface area contributed by atoms with Gasteiger partial charge >= 0.3 is 0 Å². The fraction of sp³-hybridized carbons (Fsp3) is 0.0556. The molecule has 3 rings (SSSR count). The van der Waals surface area contributed by atoms with Crippen LogP contribution in [0.3, 0.4) is 0 Å². The minimum Gasteiger partial charge on any atom is -0.356 e. The number of aryl methyl sites for hydroxylation is 1. The molecule has 2 aromatic carbocycles. The number of carbonyl (C=O) groups excluding carboxylic acids is 3. The van der Waals surface area contributed by atoms with Gasteiger partial charge in [0, 0.05) is 16.9 Å². The zero-order valence-electron chi connectivity index (χ0n) is 12.5. The molecule has 1 heterocycles. The van der Waals surface area contributed by atoms with E-state index in [1.165, 1.54) is 12.1 Å². The van der Waals surface area contributed by atoms with Gasteiger partial charge in [-0.2, -0.15) is 0 Å². The Bertz CT molecular complexity index is 868. The summed E-state index contributed by atoms with van der Waals surface area (Å²) in [5.74, 6) is -2.18. The minimum atomic E-state index is -0.905. The molecule has 2 amide bonds. The van der Waals surface area contributed by atoms with Gasteiger partial charge in [-0.15, -0.1) is 0 Å². The molecule has 0 fully saturated rings. The van der Waals surface area contributed by atoms with Crippen LogP contribution in [-0.4, -0.2) is 17.6 Å². The number of hydrogen-bond acceptors (Lipinski definition) is 4. The first kappa shape index (κ1) is 14.7. The molecule has 23 heavy (non-hydrogen) atoms. The van der Waals surface area contributed by atoms with Gasteiger partial charge in [0.25, 0.3) is 17.6 Å². The maximum Gasteiger partial charge on any atom is 0.299 e. The number of amides is 2. The van der Waals surface area contributed by atoms with Gasteiger partial charge in [0.1, 0.15) is 0 Å². The number of Topliss-reactive ketones (excluding diaryl/α,β-unsaturated/α-hetero) is 1. The van der Waals surface area contributed by atoms with Crippen molar-refractivity contribution in [3.63, 3.8) is 0 Å². The van der Waals surface area contributed by atoms with E-state index < -0.39 is 17.6 Å². The molecule has 114 valence electrons. The molecule has 2 N–H and O–H groups in total. The zero-order chi connectivity index (χ0) is 16.6. The van der Waals surface area contributed by atoms with E-state index in [1.54, 1.807) is 6.07 Å². The summed E-state index contributed by atoms with van der Waals surface area (Å²) in [6.07, 6.45) is 0. The third-order valence-corrected chi connectivity index (χ3v) is 3.60. The molecule has 1 aliphatic rings. The molecule has 0 bridgehead atoms. The number of rotatable bonds is 3. The van der Waals surface area contributed by atoms with Crippen LogP contribution in [0.1, 0.15) is 31.8 Å². The van der Waals surface area contributed by atoms with E-state index in [0.29, 0.717) is 11.4 Å². The normalized spacial score (nSPS) is 13.3. The molecule has 0 unspecified atom stereocenters. The molecular formula is C18H14N2O3. The van der Waals surface area contributed by atoms with Gasteiger partial charge in [0.15, 0.2) is 0 Å². The Balaban J connectivity index is 1.91. The Hall–Kier alpha value is -3.21. The molecule has 0 saturated heterocycles. The van der Waals surface area contributed by atoms with Gasteiger partial charge in [-0.1, -0.05) is 30.3 Å². The summed E-state index contributed by atoms with van der Waals surface area (Å²) < 4.78 is 0. The molecule has 1 aliphatic heterocycles. The fourth-order valence-corrected chi connectivity index (χ4v) is 2.44. The third kappa shape index (κ3) is 2.76. The first-order chi connectivity index (χ1) is 11.0. The number of nitrogens with one attached hydrogen (secondary N) is 2. The van der Waals surface area contributed by atoms with Crippen molar-refractivity contribution in [2.24, 2.45) is 0 Å². The molecule has 5 heteroatoms. The summed E-state index contributed by atoms with van der Waals surface area (Å²) in [4.78, 5) is 35.1. The van der Waals surface area contributed by atoms with E-state index in [9.17, 15) is 14.4 Å². The Morgan fingerprint density at radius 3 is 2.52 bits per heavy atom. The van der Waals surface area contributed by atoms with Crippen LogP contribution in [-0.2, 0) is 4.79 Å². The van der Waals surface area contributed by atoms with Crippen LogP contribution in [0.25, 0.3) is 5.70 Å². The first-order valence-corrected chi connectivity index (χ1v) is 7.03. The van der Waals surface area contributed by atoms with Crippen molar-refractivity contribution in [2.75, 3.05) is 5.32 Å². The summed E-state index contributed by atoms with van der Waals surface area (Å²) >= 11 is 0. The van der Waals surface area contributed by atoms with Crippen molar-refractivity contribution in [2.45, 2.75) is 6.92 Å². The largest absolute Gasteiger partial charge is 0.356 e. The van der Waals surface area contributed by atoms with Crippen LogP contribution in [0.4, 0.5) is 5.69 Å². The SMILES string of the molecule is C=C(Nc1ccc2c(c1)C(=O)C(=O)NC2=O)c1cccc(C)c1. The summed E-state index contributed by atoms with van der Waals surface area (Å²) in [5.41, 5.74) is 3.57. The smallest absolute Gasteiger partial charge is 0.299 e. The van der Waals surface area contributed by atoms with Crippen molar-refractivity contribution in [3.05, 3.63) is 71.3 Å². The maximum absolute atomic E-state index is 11.9. The van der Waals surface area contributed by atoms with E-state index >= 15 is 0 Å². The van der Waals surface area contributed by atoms with Gasteiger partial charge in [-0.3, -0.25) is 19.7 Å². The van der Waals surface area contributed by atoms with Gasteiger partial charge in [-0.05, 0) is 36.8 Å². The molecule has 0 atom stereocenters. The minimum absolute atomic E-state index is 0.0980. The quantitative estimate of drug-likeness (QED) is 0.675. The molecule has 0 radical (unpaired) electrons. The second-order valence-electron chi connectivity index (χ2n) is 5.35. The summed E-state index contributed by atoms with van der Waals surface area (Å²) in [6, 6.07) is 12.5. The standard InChI is InChI=1S/C18H14N2O3/c1-10-4-3-5-12(8-10)11(2)19-13-6-7-14-15(9-13)16(21)18(23)20-17(14)22/h3-9,19H,2H2,1H3,(H,20,22,23). The summed E-state index contributed by atoms with van der Waals surface area (Å²) in [5, 5.41) is 5.11. The second-order valence-corrected chi connectivity index (χ2v) is 5.35. The van der Waals surface area contributed by atoms with Crippen LogP contribution in [0, 0.1) is 6.92 Å². The number of ketones is 1. The monoisotopic (exact) mass is 306 g/mol. The number of hydrogen-bond donors (Lipinski definition) is 2. The van der Waals surface area contributed by atoms with Gasteiger partial charge < -0.3 is 5.32 Å². The number of anilines is 1. The van der Waals surface area contributed by atoms with E-state index in [0.717, 1.165) is 11.1 Å². The number of imide groups is 1. The van der Waals surface area contributed by atoms with Crippen molar-refractivity contribution in [1.29, 1.82) is 0 Å². The van der Waals surface area contributed by atoms with Crippen molar-refractivity contribution < 1.29 is 14.4 Å². The van der Waals surface area contributed by atoms with E-state index in [4.69, 9.17) is 0 Å². The van der Waals surface area contributed by atoms with Gasteiger partial charge in [0.05, 0.1) is 5.56 Å². The van der Waals surface area contributed by atoms with Crippen molar-refractivity contribution >= 4 is 29.0 Å². The van der Waals surface area contributed by atoms with Gasteiger partial charge in [0.2, 0.25) is 0 Å².